The molecule has 1 atom stereocenters. The maximum Gasteiger partial charge on any atom is 0.341 e. The van der Waals surface area contributed by atoms with Crippen molar-refractivity contribution in [3.8, 4) is 0 Å². The number of aliphatic hydroxyl groups excluding tert-OH is 2. The summed E-state index contributed by atoms with van der Waals surface area (Å²) in [6, 6.07) is 0. The maximum atomic E-state index is 11.9. The number of aliphatic hydroxyl groups is 2. The Bertz CT molecular complexity index is 548. The number of ether oxygens (including phenoxy) is 2. The predicted octanol–water partition coefficient (Wildman–Crippen LogP) is 1.98. The molecule has 0 rings (SSSR count). The minimum absolute atomic E-state index is 0.00485. The molecule has 0 aromatic heterocycles. The van der Waals surface area contributed by atoms with Crippen molar-refractivity contribution in [1.82, 2.24) is 0 Å². The summed E-state index contributed by atoms with van der Waals surface area (Å²) in [4.78, 5) is 35.4. The Balaban J connectivity index is 4.33. The normalized spacial score (nSPS) is 11.3. The molecule has 1 unspecified atom stereocenters. The highest BCUT2D eigenvalue weighted by Crippen LogP contribution is 2.14. The minimum atomic E-state index is -0.912. The van der Waals surface area contributed by atoms with Crippen LogP contribution in [0.25, 0.3) is 0 Å². The van der Waals surface area contributed by atoms with Crippen molar-refractivity contribution < 1.29 is 34.1 Å². The predicted molar refractivity (Wildman–Crippen MR) is 95.9 cm³/mol. The van der Waals surface area contributed by atoms with Crippen molar-refractivity contribution >= 4 is 17.9 Å². The summed E-state index contributed by atoms with van der Waals surface area (Å²) < 4.78 is 9.82. The van der Waals surface area contributed by atoms with Crippen LogP contribution >= 0.6 is 0 Å². The number of hydrogen-bond donors (Lipinski definition) is 2. The Hall–Kier alpha value is -2.25. The van der Waals surface area contributed by atoms with Gasteiger partial charge in [0.1, 0.15) is 6.10 Å². The quantitative estimate of drug-likeness (QED) is 0.221. The van der Waals surface area contributed by atoms with Crippen LogP contribution < -0.4 is 0 Å². The lowest BCUT2D eigenvalue weighted by Crippen LogP contribution is -2.21. The first-order chi connectivity index (χ1) is 12.2. The Morgan fingerprint density at radius 3 is 1.88 bits per heavy atom. The molecule has 0 aromatic carbocycles. The summed E-state index contributed by atoms with van der Waals surface area (Å²) >= 11 is 0. The van der Waals surface area contributed by atoms with Crippen LogP contribution in [0, 0.1) is 0 Å². The second-order valence-electron chi connectivity index (χ2n) is 5.92. The average Bonchev–Trinajstić information content (AvgIpc) is 2.59. The van der Waals surface area contributed by atoms with E-state index in [4.69, 9.17) is 14.9 Å². The van der Waals surface area contributed by atoms with Gasteiger partial charge in [-0.1, -0.05) is 19.7 Å². The Morgan fingerprint density at radius 2 is 1.31 bits per heavy atom. The van der Waals surface area contributed by atoms with Crippen molar-refractivity contribution in [1.29, 1.82) is 0 Å². The highest BCUT2D eigenvalue weighted by molar-refractivity contribution is 6.01. The van der Waals surface area contributed by atoms with Crippen molar-refractivity contribution in [2.45, 2.75) is 51.6 Å². The maximum absolute atomic E-state index is 11.9. The second kappa shape index (κ2) is 13.0. The zero-order valence-electron chi connectivity index (χ0n) is 15.3. The third kappa shape index (κ3) is 9.90. The van der Waals surface area contributed by atoms with Crippen molar-refractivity contribution in [2.75, 3.05) is 13.2 Å². The molecule has 0 bridgehead atoms. The smallest absolute Gasteiger partial charge is 0.341 e. The van der Waals surface area contributed by atoms with Gasteiger partial charge in [0.15, 0.2) is 0 Å². The first-order valence-corrected chi connectivity index (χ1v) is 8.45. The molecule has 0 aliphatic heterocycles. The van der Waals surface area contributed by atoms with Crippen molar-refractivity contribution in [3.05, 3.63) is 36.5 Å². The SMILES string of the molecule is C=C(CCCO)C(=O)OC(=O)C(=C)CC(C)OC(=O)C(=C)CCCCO. The molecule has 0 fully saturated rings. The van der Waals surface area contributed by atoms with E-state index in [1.165, 1.54) is 0 Å². The number of carbonyl (C=O) groups excluding carboxylic acids is 3. The summed E-state index contributed by atoms with van der Waals surface area (Å²) in [5.74, 6) is -2.36. The Labute approximate surface area is 154 Å². The average molecular weight is 368 g/mol. The van der Waals surface area contributed by atoms with Gasteiger partial charge in [0, 0.05) is 36.4 Å². The minimum Gasteiger partial charge on any atom is -0.459 e. The van der Waals surface area contributed by atoms with E-state index in [0.717, 1.165) is 0 Å². The topological polar surface area (TPSA) is 110 Å². The van der Waals surface area contributed by atoms with Crippen LogP contribution in [0.5, 0.6) is 0 Å². The van der Waals surface area contributed by atoms with Gasteiger partial charge in [-0.2, -0.15) is 0 Å². The molecular formula is C19H28O7. The van der Waals surface area contributed by atoms with Crippen LogP contribution in [0.2, 0.25) is 0 Å². The van der Waals surface area contributed by atoms with Crippen LogP contribution in [0.15, 0.2) is 36.5 Å². The molecule has 0 saturated heterocycles. The van der Waals surface area contributed by atoms with Gasteiger partial charge in [-0.25, -0.2) is 14.4 Å². The number of esters is 3. The fraction of sp³-hybridized carbons (Fsp3) is 0.526. The Kier molecular flexibility index (Phi) is 11.9. The number of carbonyl (C=O) groups is 3. The molecule has 0 amide bonds. The third-order valence-corrected chi connectivity index (χ3v) is 3.42. The van der Waals surface area contributed by atoms with Gasteiger partial charge in [0.25, 0.3) is 0 Å². The molecule has 0 aromatic rings. The van der Waals surface area contributed by atoms with Gasteiger partial charge < -0.3 is 19.7 Å². The molecule has 0 heterocycles. The van der Waals surface area contributed by atoms with Crippen molar-refractivity contribution in [2.24, 2.45) is 0 Å². The van der Waals surface area contributed by atoms with Gasteiger partial charge in [-0.15, -0.1) is 0 Å². The summed E-state index contributed by atoms with van der Waals surface area (Å²) in [6.45, 7) is 12.2. The molecule has 0 spiro atoms. The van der Waals surface area contributed by atoms with E-state index in [0.29, 0.717) is 25.7 Å². The molecular weight excluding hydrogens is 340 g/mol. The fourth-order valence-electron chi connectivity index (χ4n) is 1.91. The lowest BCUT2D eigenvalue weighted by Gasteiger charge is -2.15. The highest BCUT2D eigenvalue weighted by atomic mass is 16.6. The van der Waals surface area contributed by atoms with Crippen LogP contribution in [-0.4, -0.2) is 47.4 Å². The van der Waals surface area contributed by atoms with E-state index in [9.17, 15) is 14.4 Å². The lowest BCUT2D eigenvalue weighted by atomic mass is 10.1. The summed E-state index contributed by atoms with van der Waals surface area (Å²) in [6.07, 6.45) is 1.54. The monoisotopic (exact) mass is 368 g/mol. The van der Waals surface area contributed by atoms with E-state index in [-0.39, 0.29) is 42.8 Å². The summed E-state index contributed by atoms with van der Waals surface area (Å²) in [7, 11) is 0. The largest absolute Gasteiger partial charge is 0.459 e. The molecule has 0 saturated carbocycles. The molecule has 0 radical (unpaired) electrons. The number of rotatable bonds is 13. The van der Waals surface area contributed by atoms with Gasteiger partial charge >= 0.3 is 17.9 Å². The Morgan fingerprint density at radius 1 is 0.808 bits per heavy atom. The molecule has 7 heteroatoms. The fourth-order valence-corrected chi connectivity index (χ4v) is 1.91. The van der Waals surface area contributed by atoms with Crippen LogP contribution in [0.4, 0.5) is 0 Å². The van der Waals surface area contributed by atoms with Crippen LogP contribution in [0.1, 0.15) is 45.4 Å². The molecule has 7 nitrogen and oxygen atoms in total. The van der Waals surface area contributed by atoms with Gasteiger partial charge in [-0.3, -0.25) is 0 Å². The molecule has 0 aliphatic rings. The van der Waals surface area contributed by atoms with E-state index >= 15 is 0 Å². The van der Waals surface area contributed by atoms with E-state index in [2.05, 4.69) is 24.5 Å². The molecule has 146 valence electrons. The summed E-state index contributed by atoms with van der Waals surface area (Å²) in [5, 5.41) is 17.4. The zero-order chi connectivity index (χ0) is 20.1. The zero-order valence-corrected chi connectivity index (χ0v) is 15.3. The molecule has 0 aliphatic carbocycles. The van der Waals surface area contributed by atoms with E-state index < -0.39 is 24.0 Å². The molecule has 26 heavy (non-hydrogen) atoms. The number of hydrogen-bond acceptors (Lipinski definition) is 7. The first-order valence-electron chi connectivity index (χ1n) is 8.45. The van der Waals surface area contributed by atoms with Crippen LogP contribution in [0.3, 0.4) is 0 Å². The van der Waals surface area contributed by atoms with Crippen LogP contribution in [-0.2, 0) is 23.9 Å². The second-order valence-corrected chi connectivity index (χ2v) is 5.92. The standard InChI is InChI=1S/C19H28O7/c1-13(8-5-6-10-20)17(22)25-16(4)12-15(3)19(24)26-18(23)14(2)9-7-11-21/h16,20-21H,1-3,5-12H2,4H3. The number of unbranched alkanes of at least 4 members (excludes halogenated alkanes) is 1. The van der Waals surface area contributed by atoms with Gasteiger partial charge in [0.2, 0.25) is 0 Å². The van der Waals surface area contributed by atoms with E-state index in [1.54, 1.807) is 6.92 Å². The highest BCUT2D eigenvalue weighted by Gasteiger charge is 2.20. The van der Waals surface area contributed by atoms with E-state index in [1.807, 2.05) is 0 Å². The molecule has 2 N–H and O–H groups in total. The first kappa shape index (κ1) is 23.8. The van der Waals surface area contributed by atoms with Gasteiger partial charge in [-0.05, 0) is 39.0 Å². The lowest BCUT2D eigenvalue weighted by molar-refractivity contribution is -0.155. The van der Waals surface area contributed by atoms with Crippen molar-refractivity contribution in [3.63, 3.8) is 0 Å². The summed E-state index contributed by atoms with van der Waals surface area (Å²) in [5.41, 5.74) is 0.354. The third-order valence-electron chi connectivity index (χ3n) is 3.42. The van der Waals surface area contributed by atoms with Gasteiger partial charge in [0.05, 0.1) is 0 Å².